The van der Waals surface area contributed by atoms with Gasteiger partial charge in [-0.1, -0.05) is 6.92 Å². The van der Waals surface area contributed by atoms with Crippen LogP contribution >= 0.6 is 0 Å². The topological polar surface area (TPSA) is 68.0 Å². The molecular formula is C31H35FN6O. The van der Waals surface area contributed by atoms with Crippen LogP contribution in [0.5, 0.6) is 0 Å². The van der Waals surface area contributed by atoms with Crippen molar-refractivity contribution in [3.8, 4) is 11.1 Å². The lowest BCUT2D eigenvalue weighted by molar-refractivity contribution is 0.0748. The Morgan fingerprint density at radius 1 is 1.15 bits per heavy atom. The summed E-state index contributed by atoms with van der Waals surface area (Å²) in [5.74, 6) is 0.484. The Kier molecular flexibility index (Phi) is 6.03. The molecule has 202 valence electrons. The predicted octanol–water partition coefficient (Wildman–Crippen LogP) is 5.17. The standard InChI is InChI=1S/C31H35FN6O/c1-3-20-13-34-10-8-24(20)25-11-22(31(39)37-17-23-15-35-36(2)27(23)18-37)12-26-28(32)29(21-5-4-9-33-14-21)38(30(25)26)16-19-6-7-19/h8,10-13,15,19,21,33H,3-7,9,14,16-18H2,1-2H3/t21-/m1/s1. The average Bonchev–Trinajstić information content (AvgIpc) is 3.48. The number of nitrogens with zero attached hydrogens (tertiary/aromatic N) is 5. The first-order valence-electron chi connectivity index (χ1n) is 14.3. The van der Waals surface area contributed by atoms with Crippen LogP contribution in [0.3, 0.4) is 0 Å². The first kappa shape index (κ1) is 24.5. The van der Waals surface area contributed by atoms with Gasteiger partial charge in [0.1, 0.15) is 0 Å². The molecule has 3 aliphatic rings. The number of hydrogen-bond acceptors (Lipinski definition) is 4. The zero-order valence-corrected chi connectivity index (χ0v) is 22.7. The molecule has 0 bridgehead atoms. The third-order valence-corrected chi connectivity index (χ3v) is 8.91. The number of nitrogens with one attached hydrogen (secondary N) is 1. The molecule has 1 N–H and O–H groups in total. The summed E-state index contributed by atoms with van der Waals surface area (Å²) in [6.45, 7) is 5.75. The minimum atomic E-state index is -0.156. The number of piperidine rings is 1. The van der Waals surface area contributed by atoms with Crippen molar-refractivity contribution in [2.75, 3.05) is 13.1 Å². The molecule has 1 amide bonds. The normalized spacial score (nSPS) is 19.2. The Hall–Kier alpha value is -3.52. The van der Waals surface area contributed by atoms with E-state index in [9.17, 15) is 4.79 Å². The molecule has 2 aliphatic heterocycles. The van der Waals surface area contributed by atoms with Crippen LogP contribution in [0.2, 0.25) is 0 Å². The second-order valence-electron chi connectivity index (χ2n) is 11.5. The molecule has 0 radical (unpaired) electrons. The molecule has 1 saturated heterocycles. The maximum absolute atomic E-state index is 16.7. The van der Waals surface area contributed by atoms with Crippen LogP contribution in [-0.2, 0) is 33.1 Å². The van der Waals surface area contributed by atoms with Gasteiger partial charge in [-0.2, -0.15) is 5.10 Å². The van der Waals surface area contributed by atoms with E-state index in [4.69, 9.17) is 0 Å². The maximum Gasteiger partial charge on any atom is 0.254 e. The summed E-state index contributed by atoms with van der Waals surface area (Å²) in [4.78, 5) is 20.2. The molecule has 0 spiro atoms. The van der Waals surface area contributed by atoms with E-state index in [1.54, 1.807) is 6.20 Å². The number of fused-ring (bicyclic) bond motifs is 2. The smallest absolute Gasteiger partial charge is 0.254 e. The van der Waals surface area contributed by atoms with E-state index in [2.05, 4.69) is 26.9 Å². The summed E-state index contributed by atoms with van der Waals surface area (Å²) in [6.07, 6.45) is 10.7. The maximum atomic E-state index is 16.7. The Labute approximate surface area is 228 Å². The summed E-state index contributed by atoms with van der Waals surface area (Å²) < 4.78 is 20.8. The highest BCUT2D eigenvalue weighted by Gasteiger charge is 2.33. The summed E-state index contributed by atoms with van der Waals surface area (Å²) in [7, 11) is 1.91. The van der Waals surface area contributed by atoms with Crippen molar-refractivity contribution in [3.63, 3.8) is 0 Å². The van der Waals surface area contributed by atoms with Crippen LogP contribution in [0.1, 0.15) is 71.4 Å². The monoisotopic (exact) mass is 526 g/mol. The number of aromatic nitrogens is 4. The lowest BCUT2D eigenvalue weighted by Crippen LogP contribution is -2.30. The number of amides is 1. The van der Waals surface area contributed by atoms with Gasteiger partial charge in [0, 0.05) is 67.1 Å². The van der Waals surface area contributed by atoms with Crippen LogP contribution in [0.4, 0.5) is 4.39 Å². The van der Waals surface area contributed by atoms with Crippen molar-refractivity contribution in [3.05, 3.63) is 70.7 Å². The van der Waals surface area contributed by atoms with E-state index in [1.165, 1.54) is 12.8 Å². The summed E-state index contributed by atoms with van der Waals surface area (Å²) >= 11 is 0. The molecule has 1 atom stereocenters. The van der Waals surface area contributed by atoms with Crippen molar-refractivity contribution < 1.29 is 9.18 Å². The van der Waals surface area contributed by atoms with Gasteiger partial charge < -0.3 is 14.8 Å². The molecule has 5 heterocycles. The van der Waals surface area contributed by atoms with Gasteiger partial charge >= 0.3 is 0 Å². The van der Waals surface area contributed by atoms with Gasteiger partial charge in [0.2, 0.25) is 0 Å². The molecule has 7 nitrogen and oxygen atoms in total. The Morgan fingerprint density at radius 3 is 2.77 bits per heavy atom. The molecule has 1 saturated carbocycles. The SMILES string of the molecule is CCc1cnccc1-c1cc(C(=O)N2Cc3cnn(C)c3C2)cc2c(F)c([C@@H]3CCCNC3)n(CC3CC3)c12. The van der Waals surface area contributed by atoms with Crippen LogP contribution < -0.4 is 5.32 Å². The largest absolute Gasteiger partial charge is 0.341 e. The Morgan fingerprint density at radius 2 is 2.03 bits per heavy atom. The fraction of sp³-hybridized carbons (Fsp3) is 0.452. The van der Waals surface area contributed by atoms with Gasteiger partial charge in [0.15, 0.2) is 5.82 Å². The Bertz CT molecular complexity index is 1580. The molecule has 2 fully saturated rings. The molecular weight excluding hydrogens is 491 g/mol. The van der Waals surface area contributed by atoms with Crippen LogP contribution in [0.15, 0.2) is 36.8 Å². The molecule has 7 rings (SSSR count). The summed E-state index contributed by atoms with van der Waals surface area (Å²) in [6, 6.07) is 5.84. The van der Waals surface area contributed by atoms with Gasteiger partial charge in [-0.25, -0.2) is 4.39 Å². The van der Waals surface area contributed by atoms with Crippen molar-refractivity contribution in [2.24, 2.45) is 13.0 Å². The van der Waals surface area contributed by atoms with Crippen LogP contribution in [0.25, 0.3) is 22.0 Å². The van der Waals surface area contributed by atoms with Gasteiger partial charge in [-0.3, -0.25) is 14.5 Å². The fourth-order valence-electron chi connectivity index (χ4n) is 6.62. The van der Waals surface area contributed by atoms with Crippen LogP contribution in [0, 0.1) is 11.7 Å². The average molecular weight is 527 g/mol. The summed E-state index contributed by atoms with van der Waals surface area (Å²) in [5.41, 5.74) is 7.46. The number of aryl methyl sites for hydroxylation is 2. The van der Waals surface area contributed by atoms with Crippen LogP contribution in [-0.4, -0.2) is 43.2 Å². The number of carbonyl (C=O) groups excluding carboxylic acids is 1. The van der Waals surface area contributed by atoms with E-state index >= 15 is 4.39 Å². The number of rotatable bonds is 6. The van der Waals surface area contributed by atoms with E-state index in [1.807, 2.05) is 47.2 Å². The highest BCUT2D eigenvalue weighted by molar-refractivity contribution is 6.05. The van der Waals surface area contributed by atoms with Gasteiger partial charge in [0.05, 0.1) is 29.6 Å². The number of carbonyl (C=O) groups is 1. The predicted molar refractivity (Wildman–Crippen MR) is 149 cm³/mol. The zero-order chi connectivity index (χ0) is 26.7. The number of halogens is 1. The fourth-order valence-corrected chi connectivity index (χ4v) is 6.62. The minimum Gasteiger partial charge on any atom is -0.341 e. The summed E-state index contributed by atoms with van der Waals surface area (Å²) in [5, 5.41) is 8.38. The lowest BCUT2D eigenvalue weighted by atomic mass is 9.94. The van der Waals surface area contributed by atoms with E-state index in [-0.39, 0.29) is 17.6 Å². The molecule has 39 heavy (non-hydrogen) atoms. The number of hydrogen-bond donors (Lipinski definition) is 1. The first-order valence-corrected chi connectivity index (χ1v) is 14.3. The van der Waals surface area contributed by atoms with Crippen molar-refractivity contribution in [2.45, 2.75) is 64.6 Å². The first-order chi connectivity index (χ1) is 19.0. The van der Waals surface area contributed by atoms with Gasteiger partial charge in [-0.15, -0.1) is 0 Å². The van der Waals surface area contributed by atoms with Gasteiger partial charge in [0.25, 0.3) is 5.91 Å². The molecule has 4 aromatic rings. The number of benzene rings is 1. The molecule has 1 aromatic carbocycles. The van der Waals surface area contributed by atoms with Gasteiger partial charge in [-0.05, 0) is 73.9 Å². The minimum absolute atomic E-state index is 0.0725. The number of pyridine rings is 1. The van der Waals surface area contributed by atoms with E-state index in [0.29, 0.717) is 30.0 Å². The van der Waals surface area contributed by atoms with Crippen molar-refractivity contribution in [1.82, 2.24) is 29.5 Å². The van der Waals surface area contributed by atoms with E-state index in [0.717, 1.165) is 78.1 Å². The molecule has 8 heteroatoms. The van der Waals surface area contributed by atoms with Crippen molar-refractivity contribution in [1.29, 1.82) is 0 Å². The second-order valence-corrected chi connectivity index (χ2v) is 11.5. The molecule has 1 aliphatic carbocycles. The second kappa shape index (κ2) is 9.59. The third kappa shape index (κ3) is 4.16. The van der Waals surface area contributed by atoms with Crippen molar-refractivity contribution >= 4 is 16.8 Å². The molecule has 3 aromatic heterocycles. The molecule has 0 unspecified atom stereocenters. The quantitative estimate of drug-likeness (QED) is 0.376. The zero-order valence-electron chi connectivity index (χ0n) is 22.7. The lowest BCUT2D eigenvalue weighted by Gasteiger charge is -2.25. The Balaban J connectivity index is 1.43. The highest BCUT2D eigenvalue weighted by Crippen LogP contribution is 2.42. The third-order valence-electron chi connectivity index (χ3n) is 8.91. The van der Waals surface area contributed by atoms with E-state index < -0.39 is 0 Å². The highest BCUT2D eigenvalue weighted by atomic mass is 19.1.